The van der Waals surface area contributed by atoms with Gasteiger partial charge in [-0.2, -0.15) is 0 Å². The normalized spacial score (nSPS) is 11.1. The highest BCUT2D eigenvalue weighted by Gasteiger charge is 2.20. The molecule has 0 unspecified atom stereocenters. The van der Waals surface area contributed by atoms with Gasteiger partial charge < -0.3 is 9.84 Å². The molecule has 0 radical (unpaired) electrons. The number of aliphatic carboxylic acids is 1. The molecular weight excluding hydrogens is 232 g/mol. The zero-order valence-corrected chi connectivity index (χ0v) is 10.9. The van der Waals surface area contributed by atoms with E-state index >= 15 is 0 Å². The number of hydrogen-bond donors (Lipinski definition) is 1. The van der Waals surface area contributed by atoms with Gasteiger partial charge in [0, 0.05) is 5.56 Å². The van der Waals surface area contributed by atoms with Crippen LogP contribution in [0.1, 0.15) is 39.2 Å². The number of hydrogen-bond acceptors (Lipinski definition) is 3. The van der Waals surface area contributed by atoms with Gasteiger partial charge in [-0.3, -0.25) is 9.59 Å². The van der Waals surface area contributed by atoms with Gasteiger partial charge in [0.05, 0.1) is 12.8 Å². The first kappa shape index (κ1) is 14.2. The van der Waals surface area contributed by atoms with E-state index in [-0.39, 0.29) is 18.3 Å². The smallest absolute Gasteiger partial charge is 0.311 e. The van der Waals surface area contributed by atoms with Crippen LogP contribution < -0.4 is 4.74 Å². The van der Waals surface area contributed by atoms with Crippen molar-refractivity contribution in [1.82, 2.24) is 0 Å². The highest BCUT2D eigenvalue weighted by molar-refractivity contribution is 5.78. The maximum absolute atomic E-state index is 11.5. The average molecular weight is 250 g/mol. The largest absolute Gasteiger partial charge is 0.481 e. The lowest BCUT2D eigenvalue weighted by molar-refractivity contribution is -0.142. The summed E-state index contributed by atoms with van der Waals surface area (Å²) >= 11 is 0. The van der Waals surface area contributed by atoms with E-state index < -0.39 is 11.9 Å². The lowest BCUT2D eigenvalue weighted by Gasteiger charge is -2.21. The van der Waals surface area contributed by atoms with E-state index in [1.54, 1.807) is 12.1 Å². The maximum Gasteiger partial charge on any atom is 0.311 e. The first-order valence-electron chi connectivity index (χ1n) is 5.82. The first-order valence-corrected chi connectivity index (χ1v) is 5.82. The predicted octanol–water partition coefficient (Wildman–Crippen LogP) is 2.75. The summed E-state index contributed by atoms with van der Waals surface area (Å²) in [5.74, 6) is -1.02. The van der Waals surface area contributed by atoms with E-state index in [0.29, 0.717) is 5.75 Å². The number of carboxylic acids is 1. The number of esters is 1. The Labute approximate surface area is 107 Å². The molecule has 1 rings (SSSR count). The van der Waals surface area contributed by atoms with Gasteiger partial charge in [0.25, 0.3) is 0 Å². The van der Waals surface area contributed by atoms with Crippen LogP contribution in [0.4, 0.5) is 0 Å². The minimum atomic E-state index is -1.00. The molecule has 0 heterocycles. The number of rotatable bonds is 4. The van der Waals surface area contributed by atoms with Gasteiger partial charge in [-0.05, 0) is 11.5 Å². The van der Waals surface area contributed by atoms with Gasteiger partial charge in [-0.1, -0.05) is 39.0 Å². The van der Waals surface area contributed by atoms with Crippen molar-refractivity contribution < 1.29 is 19.4 Å². The Bertz CT molecular complexity index is 443. The number of para-hydroxylation sites is 1. The molecule has 0 saturated carbocycles. The zero-order valence-electron chi connectivity index (χ0n) is 10.9. The summed E-state index contributed by atoms with van der Waals surface area (Å²) in [4.78, 5) is 21.9. The van der Waals surface area contributed by atoms with Gasteiger partial charge in [0.1, 0.15) is 5.75 Å². The van der Waals surface area contributed by atoms with Gasteiger partial charge in [-0.15, -0.1) is 0 Å². The van der Waals surface area contributed by atoms with Crippen LogP contribution in [0, 0.1) is 0 Å². The van der Waals surface area contributed by atoms with Crippen LogP contribution in [0.5, 0.6) is 5.75 Å². The lowest BCUT2D eigenvalue weighted by atomic mass is 9.86. The third kappa shape index (κ3) is 4.20. The number of benzene rings is 1. The van der Waals surface area contributed by atoms with Crippen LogP contribution >= 0.6 is 0 Å². The molecule has 4 heteroatoms. The summed E-state index contributed by atoms with van der Waals surface area (Å²) in [6.45, 7) is 6.07. The second-order valence-electron chi connectivity index (χ2n) is 5.11. The topological polar surface area (TPSA) is 63.6 Å². The molecule has 1 aromatic rings. The Kier molecular flexibility index (Phi) is 4.48. The van der Waals surface area contributed by atoms with Gasteiger partial charge in [0.15, 0.2) is 0 Å². The molecule has 0 saturated heterocycles. The number of ether oxygens (including phenoxy) is 1. The molecule has 0 spiro atoms. The standard InChI is InChI=1S/C14H18O4/c1-14(2,3)10-6-4-5-7-11(10)18-13(17)9-8-12(15)16/h4-7H,8-9H2,1-3H3,(H,15,16). The molecule has 98 valence electrons. The fourth-order valence-electron chi connectivity index (χ4n) is 1.56. The van der Waals surface area contributed by atoms with E-state index in [1.807, 2.05) is 32.9 Å². The van der Waals surface area contributed by atoms with Crippen LogP contribution in [0.2, 0.25) is 0 Å². The highest BCUT2D eigenvalue weighted by atomic mass is 16.5. The number of carboxylic acid groups (broad SMARTS) is 1. The molecule has 4 nitrogen and oxygen atoms in total. The Morgan fingerprint density at radius 1 is 1.17 bits per heavy atom. The Morgan fingerprint density at radius 2 is 1.78 bits per heavy atom. The molecule has 0 bridgehead atoms. The third-order valence-electron chi connectivity index (χ3n) is 2.46. The van der Waals surface area contributed by atoms with Gasteiger partial charge in [-0.25, -0.2) is 0 Å². The monoisotopic (exact) mass is 250 g/mol. The van der Waals surface area contributed by atoms with Crippen LogP contribution in [-0.2, 0) is 15.0 Å². The fraction of sp³-hybridized carbons (Fsp3) is 0.429. The summed E-state index contributed by atoms with van der Waals surface area (Å²) in [6, 6.07) is 7.29. The van der Waals surface area contributed by atoms with Crippen LogP contribution in [0.15, 0.2) is 24.3 Å². The summed E-state index contributed by atoms with van der Waals surface area (Å²) < 4.78 is 5.22. The molecule has 0 amide bonds. The van der Waals surface area contributed by atoms with E-state index in [9.17, 15) is 9.59 Å². The van der Waals surface area contributed by atoms with Gasteiger partial charge in [0.2, 0.25) is 0 Å². The molecular formula is C14H18O4. The molecule has 0 aliphatic heterocycles. The Balaban J connectivity index is 2.79. The van der Waals surface area contributed by atoms with Crippen molar-refractivity contribution in [2.45, 2.75) is 39.0 Å². The first-order chi connectivity index (χ1) is 8.30. The SMILES string of the molecule is CC(C)(C)c1ccccc1OC(=O)CCC(=O)O. The second kappa shape index (κ2) is 5.67. The predicted molar refractivity (Wildman–Crippen MR) is 67.6 cm³/mol. The van der Waals surface area contributed by atoms with Crippen molar-refractivity contribution in [1.29, 1.82) is 0 Å². The minimum Gasteiger partial charge on any atom is -0.481 e. The average Bonchev–Trinajstić information content (AvgIpc) is 2.25. The summed E-state index contributed by atoms with van der Waals surface area (Å²) in [5, 5.41) is 8.50. The van der Waals surface area contributed by atoms with Crippen molar-refractivity contribution in [2.75, 3.05) is 0 Å². The van der Waals surface area contributed by atoms with Crippen LogP contribution in [0.3, 0.4) is 0 Å². The summed E-state index contributed by atoms with van der Waals surface area (Å²) in [5.41, 5.74) is 0.789. The Morgan fingerprint density at radius 3 is 2.33 bits per heavy atom. The van der Waals surface area contributed by atoms with Crippen molar-refractivity contribution in [3.05, 3.63) is 29.8 Å². The molecule has 18 heavy (non-hydrogen) atoms. The van der Waals surface area contributed by atoms with Crippen LogP contribution in [-0.4, -0.2) is 17.0 Å². The molecule has 0 aliphatic carbocycles. The van der Waals surface area contributed by atoms with Crippen molar-refractivity contribution in [2.24, 2.45) is 0 Å². The van der Waals surface area contributed by atoms with Crippen molar-refractivity contribution in [3.8, 4) is 5.75 Å². The van der Waals surface area contributed by atoms with E-state index in [4.69, 9.17) is 9.84 Å². The molecule has 0 aliphatic rings. The van der Waals surface area contributed by atoms with E-state index in [1.165, 1.54) is 0 Å². The molecule has 1 N–H and O–H groups in total. The van der Waals surface area contributed by atoms with Crippen molar-refractivity contribution >= 4 is 11.9 Å². The molecule has 0 atom stereocenters. The number of carbonyl (C=O) groups excluding carboxylic acids is 1. The lowest BCUT2D eigenvalue weighted by Crippen LogP contribution is -2.16. The van der Waals surface area contributed by atoms with E-state index in [0.717, 1.165) is 5.56 Å². The maximum atomic E-state index is 11.5. The second-order valence-corrected chi connectivity index (χ2v) is 5.11. The van der Waals surface area contributed by atoms with Gasteiger partial charge >= 0.3 is 11.9 Å². The van der Waals surface area contributed by atoms with Crippen molar-refractivity contribution in [3.63, 3.8) is 0 Å². The molecule has 0 fully saturated rings. The Hall–Kier alpha value is -1.84. The zero-order chi connectivity index (χ0) is 13.8. The van der Waals surface area contributed by atoms with Crippen LogP contribution in [0.25, 0.3) is 0 Å². The minimum absolute atomic E-state index is 0.117. The highest BCUT2D eigenvalue weighted by Crippen LogP contribution is 2.31. The summed E-state index contributed by atoms with van der Waals surface area (Å²) in [6.07, 6.45) is -0.329. The summed E-state index contributed by atoms with van der Waals surface area (Å²) in [7, 11) is 0. The quantitative estimate of drug-likeness (QED) is 0.659. The fourth-order valence-corrected chi connectivity index (χ4v) is 1.56. The van der Waals surface area contributed by atoms with E-state index in [2.05, 4.69) is 0 Å². The third-order valence-corrected chi connectivity index (χ3v) is 2.46. The molecule has 1 aromatic carbocycles. The number of carbonyl (C=O) groups is 2. The molecule has 0 aromatic heterocycles.